The first kappa shape index (κ1) is 11.3. The summed E-state index contributed by atoms with van der Waals surface area (Å²) in [5.41, 5.74) is 1.16. The quantitative estimate of drug-likeness (QED) is 0.761. The van der Waals surface area contributed by atoms with Crippen molar-refractivity contribution in [2.45, 2.75) is 25.1 Å². The van der Waals surface area contributed by atoms with Gasteiger partial charge in [-0.15, -0.1) is 22.7 Å². The van der Waals surface area contributed by atoms with Crippen LogP contribution in [0.1, 0.15) is 25.3 Å². The topological polar surface area (TPSA) is 12.9 Å². The van der Waals surface area contributed by atoms with E-state index in [1.54, 1.807) is 11.3 Å². The van der Waals surface area contributed by atoms with E-state index in [1.165, 1.54) is 9.75 Å². The molecule has 15 heavy (non-hydrogen) atoms. The maximum Gasteiger partial charge on any atom is 0.0900 e. The molecule has 0 bridgehead atoms. The first-order valence-electron chi connectivity index (χ1n) is 4.77. The summed E-state index contributed by atoms with van der Waals surface area (Å²) in [4.78, 5) is 7.64. The zero-order valence-electron chi connectivity index (χ0n) is 8.66. The van der Waals surface area contributed by atoms with Crippen molar-refractivity contribution >= 4 is 38.6 Å². The van der Waals surface area contributed by atoms with E-state index >= 15 is 0 Å². The normalized spacial score (nSPS) is 13.0. The van der Waals surface area contributed by atoms with E-state index in [0.717, 1.165) is 17.1 Å². The number of halogens is 1. The zero-order chi connectivity index (χ0) is 10.8. The average molecular weight is 302 g/mol. The first-order chi connectivity index (χ1) is 7.16. The van der Waals surface area contributed by atoms with Crippen LogP contribution in [0.2, 0.25) is 0 Å². The van der Waals surface area contributed by atoms with Crippen LogP contribution in [0.25, 0.3) is 0 Å². The van der Waals surface area contributed by atoms with Crippen LogP contribution < -0.4 is 0 Å². The highest BCUT2D eigenvalue weighted by Crippen LogP contribution is 2.34. The minimum absolute atomic E-state index is 0.405. The lowest BCUT2D eigenvalue weighted by Crippen LogP contribution is -1.92. The molecule has 2 heterocycles. The molecule has 0 radical (unpaired) electrons. The number of aryl methyl sites for hydroxylation is 2. The van der Waals surface area contributed by atoms with Gasteiger partial charge in [0.2, 0.25) is 0 Å². The number of thiophene rings is 1. The minimum atomic E-state index is 0.405. The molecular weight excluding hydrogens is 290 g/mol. The van der Waals surface area contributed by atoms with E-state index < -0.39 is 0 Å². The molecule has 0 saturated carbocycles. The fraction of sp³-hybridized carbons (Fsp3) is 0.364. The monoisotopic (exact) mass is 301 g/mol. The van der Waals surface area contributed by atoms with Gasteiger partial charge in [-0.25, -0.2) is 4.98 Å². The maximum absolute atomic E-state index is 4.45. The van der Waals surface area contributed by atoms with E-state index in [2.05, 4.69) is 52.3 Å². The third-order valence-electron chi connectivity index (χ3n) is 2.18. The summed E-state index contributed by atoms with van der Waals surface area (Å²) in [6.45, 7) is 4.15. The standard InChI is InChI=1S/C11H12BrNS2/c1-7-11(15-8(2)13-7)10(12)6-9-4-3-5-14-9/h3-5,10H,6H2,1-2H3. The minimum Gasteiger partial charge on any atom is -0.247 e. The van der Waals surface area contributed by atoms with Crippen LogP contribution in [0.5, 0.6) is 0 Å². The molecule has 2 aromatic heterocycles. The molecule has 80 valence electrons. The number of alkyl halides is 1. The molecule has 0 saturated heterocycles. The van der Waals surface area contributed by atoms with Crippen molar-refractivity contribution in [2.75, 3.05) is 0 Å². The average Bonchev–Trinajstić information content (AvgIpc) is 2.75. The number of nitrogens with zero attached hydrogens (tertiary/aromatic N) is 1. The smallest absolute Gasteiger partial charge is 0.0900 e. The first-order valence-corrected chi connectivity index (χ1v) is 7.38. The van der Waals surface area contributed by atoms with Gasteiger partial charge >= 0.3 is 0 Å². The van der Waals surface area contributed by atoms with Gasteiger partial charge in [-0.3, -0.25) is 0 Å². The zero-order valence-corrected chi connectivity index (χ0v) is 11.9. The van der Waals surface area contributed by atoms with E-state index in [4.69, 9.17) is 0 Å². The van der Waals surface area contributed by atoms with E-state index in [1.807, 2.05) is 11.3 Å². The summed E-state index contributed by atoms with van der Waals surface area (Å²) in [5, 5.41) is 3.28. The molecule has 1 unspecified atom stereocenters. The third kappa shape index (κ3) is 2.68. The Morgan fingerprint density at radius 3 is 2.80 bits per heavy atom. The maximum atomic E-state index is 4.45. The molecule has 4 heteroatoms. The summed E-state index contributed by atoms with van der Waals surface area (Å²) in [6, 6.07) is 4.28. The molecule has 1 nitrogen and oxygen atoms in total. The van der Waals surface area contributed by atoms with Crippen molar-refractivity contribution < 1.29 is 0 Å². The van der Waals surface area contributed by atoms with Crippen molar-refractivity contribution in [3.8, 4) is 0 Å². The molecule has 0 aliphatic carbocycles. The summed E-state index contributed by atoms with van der Waals surface area (Å²) in [7, 11) is 0. The Labute approximate surface area is 106 Å². The molecule has 0 fully saturated rings. The molecule has 0 amide bonds. The lowest BCUT2D eigenvalue weighted by Gasteiger charge is -2.06. The van der Waals surface area contributed by atoms with Gasteiger partial charge in [-0.1, -0.05) is 22.0 Å². The lowest BCUT2D eigenvalue weighted by molar-refractivity contribution is 0.969. The van der Waals surface area contributed by atoms with Crippen molar-refractivity contribution in [3.63, 3.8) is 0 Å². The summed E-state index contributed by atoms with van der Waals surface area (Å²) >= 11 is 7.35. The number of rotatable bonds is 3. The van der Waals surface area contributed by atoms with Gasteiger partial charge < -0.3 is 0 Å². The summed E-state index contributed by atoms with van der Waals surface area (Å²) < 4.78 is 0. The molecular formula is C11H12BrNS2. The fourth-order valence-corrected chi connectivity index (χ4v) is 4.37. The number of hydrogen-bond donors (Lipinski definition) is 0. The van der Waals surface area contributed by atoms with Gasteiger partial charge in [0.05, 0.1) is 15.5 Å². The Morgan fingerprint density at radius 2 is 2.27 bits per heavy atom. The molecule has 1 atom stereocenters. The lowest BCUT2D eigenvalue weighted by atomic mass is 10.2. The number of aromatic nitrogens is 1. The van der Waals surface area contributed by atoms with Gasteiger partial charge in [-0.05, 0) is 31.7 Å². The Bertz CT molecular complexity index is 433. The predicted molar refractivity (Wildman–Crippen MR) is 71.3 cm³/mol. The fourth-order valence-electron chi connectivity index (χ4n) is 1.54. The second kappa shape index (κ2) is 4.76. The van der Waals surface area contributed by atoms with Gasteiger partial charge in [0.1, 0.15) is 0 Å². The summed E-state index contributed by atoms with van der Waals surface area (Å²) in [5.74, 6) is 0. The van der Waals surface area contributed by atoms with Crippen LogP contribution in [0.15, 0.2) is 17.5 Å². The van der Waals surface area contributed by atoms with Gasteiger partial charge in [0.15, 0.2) is 0 Å². The Balaban J connectivity index is 2.14. The van der Waals surface area contributed by atoms with Crippen molar-refractivity contribution in [3.05, 3.63) is 38.0 Å². The Kier molecular flexibility index (Phi) is 3.59. The third-order valence-corrected chi connectivity index (χ3v) is 5.35. The molecule has 2 rings (SSSR count). The number of hydrogen-bond acceptors (Lipinski definition) is 3. The largest absolute Gasteiger partial charge is 0.247 e. The Morgan fingerprint density at radius 1 is 1.47 bits per heavy atom. The van der Waals surface area contributed by atoms with Crippen molar-refractivity contribution in [1.29, 1.82) is 0 Å². The number of thiazole rings is 1. The second-order valence-electron chi connectivity index (χ2n) is 3.43. The van der Waals surface area contributed by atoms with Gasteiger partial charge in [0, 0.05) is 9.75 Å². The Hall–Kier alpha value is -0.190. The highest BCUT2D eigenvalue weighted by molar-refractivity contribution is 9.09. The highest BCUT2D eigenvalue weighted by Gasteiger charge is 2.15. The van der Waals surface area contributed by atoms with Crippen LogP contribution in [-0.4, -0.2) is 4.98 Å². The molecule has 0 aliphatic heterocycles. The van der Waals surface area contributed by atoms with Crippen molar-refractivity contribution in [1.82, 2.24) is 4.98 Å². The van der Waals surface area contributed by atoms with Crippen LogP contribution in [-0.2, 0) is 6.42 Å². The molecule has 0 spiro atoms. The van der Waals surface area contributed by atoms with E-state index in [0.29, 0.717) is 4.83 Å². The molecule has 0 N–H and O–H groups in total. The van der Waals surface area contributed by atoms with Gasteiger partial charge in [0.25, 0.3) is 0 Å². The molecule has 0 aliphatic rings. The van der Waals surface area contributed by atoms with E-state index in [-0.39, 0.29) is 0 Å². The molecule has 0 aromatic carbocycles. The van der Waals surface area contributed by atoms with E-state index in [9.17, 15) is 0 Å². The molecule has 2 aromatic rings. The predicted octanol–water partition coefficient (Wildman–Crippen LogP) is 4.50. The van der Waals surface area contributed by atoms with Crippen LogP contribution in [0, 0.1) is 13.8 Å². The van der Waals surface area contributed by atoms with Crippen LogP contribution >= 0.6 is 38.6 Å². The van der Waals surface area contributed by atoms with Crippen LogP contribution in [0.4, 0.5) is 0 Å². The highest BCUT2D eigenvalue weighted by atomic mass is 79.9. The second-order valence-corrected chi connectivity index (χ2v) is 6.81. The van der Waals surface area contributed by atoms with Crippen molar-refractivity contribution in [2.24, 2.45) is 0 Å². The van der Waals surface area contributed by atoms with Gasteiger partial charge in [-0.2, -0.15) is 0 Å². The summed E-state index contributed by atoms with van der Waals surface area (Å²) in [6.07, 6.45) is 1.06. The SMILES string of the molecule is Cc1nc(C)c(C(Br)Cc2cccs2)s1. The van der Waals surface area contributed by atoms with Crippen LogP contribution in [0.3, 0.4) is 0 Å².